The molecule has 0 aliphatic carbocycles. The summed E-state index contributed by atoms with van der Waals surface area (Å²) in [6.07, 6.45) is 4.40. The molecule has 2 aromatic heterocycles. The van der Waals surface area contributed by atoms with Crippen molar-refractivity contribution in [3.63, 3.8) is 0 Å². The van der Waals surface area contributed by atoms with Crippen molar-refractivity contribution in [1.29, 1.82) is 0 Å². The number of rotatable bonds is 4. The van der Waals surface area contributed by atoms with Crippen molar-refractivity contribution in [2.45, 2.75) is 19.0 Å². The van der Waals surface area contributed by atoms with Gasteiger partial charge in [0, 0.05) is 24.9 Å². The third kappa shape index (κ3) is 2.69. The van der Waals surface area contributed by atoms with Gasteiger partial charge in [-0.05, 0) is 5.56 Å². The number of imidazole rings is 1. The first-order valence-electron chi connectivity index (χ1n) is 7.82. The van der Waals surface area contributed by atoms with Gasteiger partial charge in [-0.15, -0.1) is 0 Å². The Kier molecular flexibility index (Phi) is 3.62. The number of carboxylic acid groups (broad SMARTS) is 1. The predicted molar refractivity (Wildman–Crippen MR) is 87.4 cm³/mol. The molecule has 0 fully saturated rings. The Morgan fingerprint density at radius 1 is 1.33 bits per heavy atom. The molecule has 122 valence electrons. The van der Waals surface area contributed by atoms with Gasteiger partial charge in [-0.1, -0.05) is 30.3 Å². The Hall–Kier alpha value is -2.93. The number of hydrogen-bond acceptors (Lipinski definition) is 4. The summed E-state index contributed by atoms with van der Waals surface area (Å²) in [4.78, 5) is 19.1. The van der Waals surface area contributed by atoms with Crippen LogP contribution < -0.4 is 5.32 Å². The van der Waals surface area contributed by atoms with E-state index < -0.39 is 12.0 Å². The fourth-order valence-electron chi connectivity index (χ4n) is 2.97. The van der Waals surface area contributed by atoms with Gasteiger partial charge in [-0.2, -0.15) is 5.10 Å². The minimum Gasteiger partial charge on any atom is -0.480 e. The zero-order valence-electron chi connectivity index (χ0n) is 12.9. The van der Waals surface area contributed by atoms with Crippen molar-refractivity contribution in [1.82, 2.24) is 25.1 Å². The van der Waals surface area contributed by atoms with Gasteiger partial charge in [0.2, 0.25) is 0 Å². The van der Waals surface area contributed by atoms with Crippen molar-refractivity contribution in [3.05, 3.63) is 59.7 Å². The largest absolute Gasteiger partial charge is 0.480 e. The summed E-state index contributed by atoms with van der Waals surface area (Å²) < 4.78 is 1.85. The van der Waals surface area contributed by atoms with E-state index >= 15 is 0 Å². The van der Waals surface area contributed by atoms with E-state index in [1.807, 2.05) is 29.1 Å². The lowest BCUT2D eigenvalue weighted by Gasteiger charge is -2.18. The van der Waals surface area contributed by atoms with Crippen molar-refractivity contribution in [3.8, 4) is 11.4 Å². The van der Waals surface area contributed by atoms with Crippen LogP contribution >= 0.6 is 0 Å². The molecule has 7 heteroatoms. The quantitative estimate of drug-likeness (QED) is 0.678. The summed E-state index contributed by atoms with van der Waals surface area (Å²) in [5.74, 6) is -0.247. The van der Waals surface area contributed by atoms with Crippen molar-refractivity contribution >= 4 is 5.97 Å². The lowest BCUT2D eigenvalue weighted by atomic mass is 10.1. The second-order valence-corrected chi connectivity index (χ2v) is 5.84. The number of nitrogens with one attached hydrogen (secondary N) is 2. The number of benzene rings is 1. The minimum absolute atomic E-state index is 0.569. The van der Waals surface area contributed by atoms with Crippen molar-refractivity contribution in [2.24, 2.45) is 0 Å². The van der Waals surface area contributed by atoms with Gasteiger partial charge >= 0.3 is 5.97 Å². The number of fused-ring (bicyclic) bond motifs is 1. The maximum absolute atomic E-state index is 11.3. The van der Waals surface area contributed by atoms with Crippen LogP contribution in [-0.2, 0) is 17.8 Å². The molecule has 0 spiro atoms. The molecule has 0 saturated carbocycles. The highest BCUT2D eigenvalue weighted by molar-refractivity contribution is 5.76. The van der Waals surface area contributed by atoms with Gasteiger partial charge in [0.25, 0.3) is 0 Å². The van der Waals surface area contributed by atoms with Crippen LogP contribution in [0, 0.1) is 0 Å². The van der Waals surface area contributed by atoms with Crippen LogP contribution in [0.4, 0.5) is 0 Å². The van der Waals surface area contributed by atoms with Gasteiger partial charge in [-0.25, -0.2) is 4.98 Å². The van der Waals surface area contributed by atoms with E-state index in [0.717, 1.165) is 17.7 Å². The van der Waals surface area contributed by atoms with E-state index in [4.69, 9.17) is 0 Å². The number of nitrogens with zero attached hydrogens (tertiary/aromatic N) is 3. The minimum atomic E-state index is -0.909. The van der Waals surface area contributed by atoms with E-state index in [-0.39, 0.29) is 0 Å². The molecule has 24 heavy (non-hydrogen) atoms. The molecule has 1 unspecified atom stereocenters. The lowest BCUT2D eigenvalue weighted by Crippen LogP contribution is -2.35. The van der Waals surface area contributed by atoms with Crippen molar-refractivity contribution in [2.75, 3.05) is 6.54 Å². The van der Waals surface area contributed by atoms with Crippen LogP contribution in [0.25, 0.3) is 11.4 Å². The van der Waals surface area contributed by atoms with E-state index in [1.54, 1.807) is 6.20 Å². The molecule has 7 nitrogen and oxygen atoms in total. The molecule has 1 aliphatic heterocycles. The normalized spacial score (nSPS) is 16.8. The van der Waals surface area contributed by atoms with E-state index in [9.17, 15) is 9.90 Å². The summed E-state index contributed by atoms with van der Waals surface area (Å²) in [6.45, 7) is 1.30. The number of aromatic amines is 1. The Labute approximate surface area is 138 Å². The van der Waals surface area contributed by atoms with Crippen LogP contribution in [0.2, 0.25) is 0 Å². The molecule has 1 aliphatic rings. The van der Waals surface area contributed by atoms with Crippen LogP contribution in [0.3, 0.4) is 0 Å². The summed E-state index contributed by atoms with van der Waals surface area (Å²) in [6, 6.07) is 9.33. The van der Waals surface area contributed by atoms with Crippen molar-refractivity contribution < 1.29 is 9.90 Å². The van der Waals surface area contributed by atoms with Crippen LogP contribution in [0.1, 0.15) is 23.0 Å². The van der Waals surface area contributed by atoms with E-state index in [1.165, 1.54) is 5.56 Å². The molecule has 3 aromatic rings. The molecule has 0 amide bonds. The highest BCUT2D eigenvalue weighted by Gasteiger charge is 2.29. The van der Waals surface area contributed by atoms with Gasteiger partial charge in [0.15, 0.2) is 6.04 Å². The number of aliphatic carboxylic acids is 1. The SMILES string of the molecule is O=C(O)C1NCCc2[nH]c(-c3cnn(Cc4ccccc4)c3)nc21. The lowest BCUT2D eigenvalue weighted by molar-refractivity contribution is -0.139. The zero-order valence-corrected chi connectivity index (χ0v) is 12.9. The monoisotopic (exact) mass is 323 g/mol. The molecule has 0 bridgehead atoms. The van der Waals surface area contributed by atoms with Gasteiger partial charge in [-0.3, -0.25) is 14.8 Å². The predicted octanol–water partition coefficient (Wildman–Crippen LogP) is 1.59. The maximum Gasteiger partial charge on any atom is 0.327 e. The topological polar surface area (TPSA) is 95.8 Å². The number of H-pyrrole nitrogens is 1. The second kappa shape index (κ2) is 5.93. The first-order chi connectivity index (χ1) is 11.7. The first-order valence-corrected chi connectivity index (χ1v) is 7.82. The number of hydrogen-bond donors (Lipinski definition) is 3. The Bertz CT molecular complexity index is 868. The highest BCUT2D eigenvalue weighted by Crippen LogP contribution is 2.25. The van der Waals surface area contributed by atoms with Gasteiger partial charge in [0.1, 0.15) is 5.82 Å². The molecule has 0 saturated heterocycles. The number of aromatic nitrogens is 4. The zero-order chi connectivity index (χ0) is 16.5. The van der Waals surface area contributed by atoms with Gasteiger partial charge < -0.3 is 10.1 Å². The maximum atomic E-state index is 11.3. The smallest absolute Gasteiger partial charge is 0.327 e. The van der Waals surface area contributed by atoms with Gasteiger partial charge in [0.05, 0.1) is 24.0 Å². The summed E-state index contributed by atoms with van der Waals surface area (Å²) >= 11 is 0. The molecule has 4 rings (SSSR count). The molecule has 1 aromatic carbocycles. The first kappa shape index (κ1) is 14.6. The molecular weight excluding hydrogens is 306 g/mol. The number of carboxylic acids is 1. The average Bonchev–Trinajstić information content (AvgIpc) is 3.21. The fourth-order valence-corrected chi connectivity index (χ4v) is 2.97. The Balaban J connectivity index is 1.60. The summed E-state index contributed by atoms with van der Waals surface area (Å²) in [5.41, 5.74) is 3.47. The average molecular weight is 323 g/mol. The molecule has 0 radical (unpaired) electrons. The molecule has 3 N–H and O–H groups in total. The molecule has 1 atom stereocenters. The van der Waals surface area contributed by atoms with E-state index in [2.05, 4.69) is 32.5 Å². The third-order valence-corrected chi connectivity index (χ3v) is 4.15. The Morgan fingerprint density at radius 3 is 2.96 bits per heavy atom. The Morgan fingerprint density at radius 2 is 2.17 bits per heavy atom. The van der Waals surface area contributed by atoms with Crippen LogP contribution in [-0.4, -0.2) is 37.4 Å². The van der Waals surface area contributed by atoms with Crippen LogP contribution in [0.5, 0.6) is 0 Å². The summed E-state index contributed by atoms with van der Waals surface area (Å²) in [5, 5.41) is 16.6. The molecule has 3 heterocycles. The number of carbonyl (C=O) groups is 1. The summed E-state index contributed by atoms with van der Waals surface area (Å²) in [7, 11) is 0. The van der Waals surface area contributed by atoms with Crippen LogP contribution in [0.15, 0.2) is 42.7 Å². The van der Waals surface area contributed by atoms with E-state index in [0.29, 0.717) is 24.6 Å². The third-order valence-electron chi connectivity index (χ3n) is 4.15. The molecular formula is C17H17N5O2. The second-order valence-electron chi connectivity index (χ2n) is 5.84. The highest BCUT2D eigenvalue weighted by atomic mass is 16.4. The standard InChI is InChI=1S/C17H17N5O2/c23-17(24)15-14-13(6-7-18-15)20-16(21-14)12-8-19-22(10-12)9-11-4-2-1-3-5-11/h1-5,8,10,15,18H,6-7,9H2,(H,20,21)(H,23,24). The fraction of sp³-hybridized carbons (Fsp3) is 0.235.